The fourth-order valence-corrected chi connectivity index (χ4v) is 4.74. The van der Waals surface area contributed by atoms with Crippen LogP contribution in [-0.2, 0) is 19.9 Å². The molecule has 0 spiro atoms. The summed E-state index contributed by atoms with van der Waals surface area (Å²) in [5.74, 6) is -0.910. The van der Waals surface area contributed by atoms with Crippen LogP contribution in [0.4, 0.5) is 4.39 Å². The van der Waals surface area contributed by atoms with E-state index in [4.69, 9.17) is 4.18 Å². The van der Waals surface area contributed by atoms with Crippen molar-refractivity contribution in [3.8, 4) is 11.5 Å². The first-order valence-corrected chi connectivity index (χ1v) is 9.09. The number of fused-ring (bicyclic) bond motifs is 1. The minimum absolute atomic E-state index is 0.00470. The Morgan fingerprint density at radius 1 is 0.808 bits per heavy atom. The van der Waals surface area contributed by atoms with E-state index in [2.05, 4.69) is 0 Å². The summed E-state index contributed by atoms with van der Waals surface area (Å²) in [5.41, 5.74) is -0.700. The van der Waals surface area contributed by atoms with E-state index in [-0.39, 0.29) is 17.1 Å². The molecule has 132 valence electrons. The van der Waals surface area contributed by atoms with Crippen molar-refractivity contribution in [3.05, 3.63) is 89.2 Å². The molecule has 2 N–H and O–H groups in total. The van der Waals surface area contributed by atoms with Gasteiger partial charge < -0.3 is 10.2 Å². The van der Waals surface area contributed by atoms with Gasteiger partial charge in [-0.1, -0.05) is 36.4 Å². The van der Waals surface area contributed by atoms with Crippen LogP contribution < -0.4 is 0 Å². The number of phenols is 2. The minimum Gasteiger partial charge on any atom is -0.508 e. The SMILES string of the molecule is O=S1(=O)OC(c2ccc(O)cc2)(c2ccc(O)cc2)c2cccc(F)c21. The lowest BCUT2D eigenvalue weighted by Gasteiger charge is -2.29. The lowest BCUT2D eigenvalue weighted by molar-refractivity contribution is 0.180. The highest BCUT2D eigenvalue weighted by molar-refractivity contribution is 7.87. The van der Waals surface area contributed by atoms with Crippen LogP contribution >= 0.6 is 0 Å². The molecule has 0 radical (unpaired) electrons. The van der Waals surface area contributed by atoms with Crippen molar-refractivity contribution in [3.63, 3.8) is 0 Å². The molecular weight excluding hydrogens is 359 g/mol. The van der Waals surface area contributed by atoms with Crippen LogP contribution in [0.1, 0.15) is 16.7 Å². The molecular formula is C19H13FO5S. The van der Waals surface area contributed by atoms with Crippen molar-refractivity contribution < 1.29 is 27.2 Å². The number of hydrogen-bond acceptors (Lipinski definition) is 5. The highest BCUT2D eigenvalue weighted by atomic mass is 32.2. The fraction of sp³-hybridized carbons (Fsp3) is 0.0526. The predicted molar refractivity (Wildman–Crippen MR) is 90.8 cm³/mol. The summed E-state index contributed by atoms with van der Waals surface area (Å²) in [6.45, 7) is 0. The molecule has 5 nitrogen and oxygen atoms in total. The number of hydrogen-bond donors (Lipinski definition) is 2. The van der Waals surface area contributed by atoms with Gasteiger partial charge in [-0.15, -0.1) is 0 Å². The van der Waals surface area contributed by atoms with Gasteiger partial charge >= 0.3 is 10.1 Å². The van der Waals surface area contributed by atoms with Crippen LogP contribution in [0.15, 0.2) is 71.6 Å². The van der Waals surface area contributed by atoms with Gasteiger partial charge in [-0.05, 0) is 41.5 Å². The van der Waals surface area contributed by atoms with E-state index >= 15 is 0 Å². The summed E-state index contributed by atoms with van der Waals surface area (Å²) in [7, 11) is -4.36. The van der Waals surface area contributed by atoms with Crippen molar-refractivity contribution in [1.29, 1.82) is 0 Å². The summed E-state index contributed by atoms with van der Waals surface area (Å²) >= 11 is 0. The van der Waals surface area contributed by atoms with E-state index in [1.807, 2.05) is 0 Å². The summed E-state index contributed by atoms with van der Waals surface area (Å²) < 4.78 is 45.1. The van der Waals surface area contributed by atoms with E-state index in [1.54, 1.807) is 0 Å². The van der Waals surface area contributed by atoms with E-state index < -0.39 is 26.4 Å². The molecule has 0 aliphatic carbocycles. The zero-order valence-corrected chi connectivity index (χ0v) is 14.1. The lowest BCUT2D eigenvalue weighted by atomic mass is 9.80. The van der Waals surface area contributed by atoms with Crippen LogP contribution in [0.2, 0.25) is 0 Å². The molecule has 1 aliphatic heterocycles. The van der Waals surface area contributed by atoms with Crippen molar-refractivity contribution >= 4 is 10.1 Å². The number of halogens is 1. The lowest BCUT2D eigenvalue weighted by Crippen LogP contribution is -2.29. The average Bonchev–Trinajstić information content (AvgIpc) is 2.86. The van der Waals surface area contributed by atoms with Gasteiger partial charge in [-0.25, -0.2) is 8.57 Å². The van der Waals surface area contributed by atoms with Crippen molar-refractivity contribution in [2.75, 3.05) is 0 Å². The van der Waals surface area contributed by atoms with Gasteiger partial charge in [0.1, 0.15) is 22.2 Å². The van der Waals surface area contributed by atoms with Gasteiger partial charge in [-0.2, -0.15) is 8.42 Å². The largest absolute Gasteiger partial charge is 0.508 e. The monoisotopic (exact) mass is 372 g/mol. The Kier molecular flexibility index (Phi) is 3.54. The number of phenolic OH excluding ortho intramolecular Hbond substituents is 2. The minimum atomic E-state index is -4.36. The van der Waals surface area contributed by atoms with Crippen LogP contribution in [-0.4, -0.2) is 18.6 Å². The highest BCUT2D eigenvalue weighted by Gasteiger charge is 2.52. The van der Waals surface area contributed by atoms with Gasteiger partial charge in [0.25, 0.3) is 0 Å². The van der Waals surface area contributed by atoms with Crippen molar-refractivity contribution in [2.45, 2.75) is 10.5 Å². The molecule has 3 aromatic carbocycles. The Bertz CT molecular complexity index is 1040. The molecule has 0 atom stereocenters. The molecule has 0 saturated heterocycles. The maximum Gasteiger partial charge on any atom is 0.301 e. The molecule has 1 aliphatic rings. The molecule has 0 bridgehead atoms. The standard InChI is InChI=1S/C19H13FO5S/c20-17-3-1-2-16-18(17)26(23,24)25-19(16,12-4-8-14(21)9-5-12)13-6-10-15(22)11-7-13/h1-11,21-22H. The summed E-state index contributed by atoms with van der Waals surface area (Å²) in [6, 6.07) is 15.6. The summed E-state index contributed by atoms with van der Waals surface area (Å²) in [4.78, 5) is -0.513. The molecule has 1 heterocycles. The molecule has 4 rings (SSSR count). The number of rotatable bonds is 2. The van der Waals surface area contributed by atoms with E-state index in [0.717, 1.165) is 6.07 Å². The van der Waals surface area contributed by atoms with Crippen LogP contribution in [0.5, 0.6) is 11.5 Å². The fourth-order valence-electron chi connectivity index (χ4n) is 3.26. The molecule has 0 aromatic heterocycles. The normalized spacial score (nSPS) is 17.0. The van der Waals surface area contributed by atoms with Crippen LogP contribution in [0, 0.1) is 5.82 Å². The van der Waals surface area contributed by atoms with Crippen molar-refractivity contribution in [1.82, 2.24) is 0 Å². The number of aromatic hydroxyl groups is 2. The topological polar surface area (TPSA) is 83.8 Å². The van der Waals surface area contributed by atoms with Gasteiger partial charge in [-0.3, -0.25) is 0 Å². The first-order chi connectivity index (χ1) is 12.3. The molecule has 7 heteroatoms. The Balaban J connectivity index is 2.11. The molecule has 0 unspecified atom stereocenters. The third-order valence-electron chi connectivity index (χ3n) is 4.38. The smallest absolute Gasteiger partial charge is 0.301 e. The zero-order chi connectivity index (χ0) is 18.5. The Hall–Kier alpha value is -2.90. The first kappa shape index (κ1) is 16.6. The Morgan fingerprint density at radius 2 is 1.31 bits per heavy atom. The molecule has 0 amide bonds. The predicted octanol–water partition coefficient (Wildman–Crippen LogP) is 3.25. The number of benzene rings is 3. The maximum atomic E-state index is 14.4. The van der Waals surface area contributed by atoms with E-state index in [9.17, 15) is 23.0 Å². The average molecular weight is 372 g/mol. The quantitative estimate of drug-likeness (QED) is 0.675. The molecule has 3 aromatic rings. The molecule has 0 fully saturated rings. The second-order valence-corrected chi connectivity index (χ2v) is 7.41. The van der Waals surface area contributed by atoms with Gasteiger partial charge in [0.2, 0.25) is 0 Å². The third-order valence-corrected chi connectivity index (χ3v) is 5.76. The maximum absolute atomic E-state index is 14.4. The summed E-state index contributed by atoms with van der Waals surface area (Å²) in [5, 5.41) is 19.2. The second-order valence-electron chi connectivity index (χ2n) is 5.93. The Morgan fingerprint density at radius 3 is 1.81 bits per heavy atom. The van der Waals surface area contributed by atoms with Gasteiger partial charge in [0.05, 0.1) is 0 Å². The molecule has 26 heavy (non-hydrogen) atoms. The van der Waals surface area contributed by atoms with Gasteiger partial charge in [0.15, 0.2) is 5.60 Å². The van der Waals surface area contributed by atoms with Crippen LogP contribution in [0.25, 0.3) is 0 Å². The zero-order valence-electron chi connectivity index (χ0n) is 13.3. The Labute approximate surface area is 149 Å². The summed E-state index contributed by atoms with van der Waals surface area (Å²) in [6.07, 6.45) is 0. The van der Waals surface area contributed by atoms with E-state index in [1.165, 1.54) is 60.7 Å². The van der Waals surface area contributed by atoms with Crippen LogP contribution in [0.3, 0.4) is 0 Å². The molecule has 0 saturated carbocycles. The van der Waals surface area contributed by atoms with Crippen molar-refractivity contribution in [2.24, 2.45) is 0 Å². The highest BCUT2D eigenvalue weighted by Crippen LogP contribution is 2.51. The van der Waals surface area contributed by atoms with Gasteiger partial charge in [0, 0.05) is 5.56 Å². The first-order valence-electron chi connectivity index (χ1n) is 7.68. The van der Waals surface area contributed by atoms with E-state index in [0.29, 0.717) is 11.1 Å². The second kappa shape index (κ2) is 5.55. The third kappa shape index (κ3) is 2.28.